The molecule has 1 aliphatic heterocycles. The average Bonchev–Trinajstić information content (AvgIpc) is 2.79. The zero-order valence-electron chi connectivity index (χ0n) is 9.54. The Bertz CT molecular complexity index is 239. The van der Waals surface area contributed by atoms with Crippen molar-refractivity contribution in [1.82, 2.24) is 16.0 Å². The predicted octanol–water partition coefficient (Wildman–Crippen LogP) is -1.38. The van der Waals surface area contributed by atoms with Crippen molar-refractivity contribution in [1.29, 1.82) is 0 Å². The molecule has 0 saturated carbocycles. The first kappa shape index (κ1) is 12.9. The molecule has 0 aliphatic carbocycles. The molecule has 0 aromatic heterocycles. The summed E-state index contributed by atoms with van der Waals surface area (Å²) in [6.45, 7) is 1.84. The third-order valence-electron chi connectivity index (χ3n) is 2.43. The molecule has 92 valence electrons. The van der Waals surface area contributed by atoms with E-state index in [1.807, 2.05) is 0 Å². The zero-order valence-corrected chi connectivity index (χ0v) is 9.54. The second kappa shape index (κ2) is 7.19. The van der Waals surface area contributed by atoms with Crippen LogP contribution in [0.2, 0.25) is 0 Å². The number of rotatable bonds is 6. The molecule has 0 aromatic rings. The van der Waals surface area contributed by atoms with Crippen molar-refractivity contribution in [2.24, 2.45) is 0 Å². The van der Waals surface area contributed by atoms with Gasteiger partial charge in [-0.05, 0) is 19.4 Å². The van der Waals surface area contributed by atoms with Gasteiger partial charge in [-0.3, -0.25) is 9.59 Å². The highest BCUT2D eigenvalue weighted by Crippen LogP contribution is 2.03. The fourth-order valence-corrected chi connectivity index (χ4v) is 1.55. The minimum absolute atomic E-state index is 0.0285. The van der Waals surface area contributed by atoms with Crippen LogP contribution in [0, 0.1) is 0 Å². The minimum Gasteiger partial charge on any atom is -0.383 e. The monoisotopic (exact) mass is 229 g/mol. The quantitative estimate of drug-likeness (QED) is 0.490. The Kier molecular flexibility index (Phi) is 5.81. The van der Waals surface area contributed by atoms with Crippen LogP contribution in [0.4, 0.5) is 0 Å². The lowest BCUT2D eigenvalue weighted by molar-refractivity contribution is -0.127. The molecule has 6 heteroatoms. The molecule has 1 fully saturated rings. The molecular formula is C10H19N3O3. The molecule has 2 amide bonds. The smallest absolute Gasteiger partial charge is 0.239 e. The van der Waals surface area contributed by atoms with Crippen LogP contribution in [-0.4, -0.2) is 51.2 Å². The first-order valence-electron chi connectivity index (χ1n) is 5.50. The summed E-state index contributed by atoms with van der Waals surface area (Å²) in [6, 6.07) is -0.133. The Morgan fingerprint density at radius 1 is 1.44 bits per heavy atom. The number of hydrogen-bond acceptors (Lipinski definition) is 4. The molecule has 6 nitrogen and oxygen atoms in total. The van der Waals surface area contributed by atoms with E-state index < -0.39 is 0 Å². The molecule has 3 N–H and O–H groups in total. The third kappa shape index (κ3) is 4.59. The normalized spacial score (nSPS) is 19.4. The first-order valence-corrected chi connectivity index (χ1v) is 5.50. The number of carbonyl (C=O) groups excluding carboxylic acids is 2. The minimum atomic E-state index is -0.191. The van der Waals surface area contributed by atoms with Crippen LogP contribution in [0.25, 0.3) is 0 Å². The molecule has 0 aromatic carbocycles. The Labute approximate surface area is 95.1 Å². The molecule has 1 unspecified atom stereocenters. The summed E-state index contributed by atoms with van der Waals surface area (Å²) in [5.74, 6) is -0.289. The van der Waals surface area contributed by atoms with E-state index in [0.717, 1.165) is 19.4 Å². The van der Waals surface area contributed by atoms with Crippen molar-refractivity contribution >= 4 is 11.8 Å². The molecule has 1 rings (SSSR count). The van der Waals surface area contributed by atoms with Gasteiger partial charge < -0.3 is 20.7 Å². The van der Waals surface area contributed by atoms with Gasteiger partial charge in [0.15, 0.2) is 0 Å². The second-order valence-corrected chi connectivity index (χ2v) is 3.71. The molecular weight excluding hydrogens is 210 g/mol. The summed E-state index contributed by atoms with van der Waals surface area (Å²) >= 11 is 0. The standard InChI is InChI=1S/C10H19N3O3/c1-16-6-5-12-9(14)7-13-10(15)8-3-2-4-11-8/h8,11H,2-7H2,1H3,(H,12,14)(H,13,15). The number of methoxy groups -OCH3 is 1. The van der Waals surface area contributed by atoms with Crippen LogP contribution in [0.15, 0.2) is 0 Å². The Balaban J connectivity index is 2.08. The highest BCUT2D eigenvalue weighted by atomic mass is 16.5. The van der Waals surface area contributed by atoms with E-state index in [1.54, 1.807) is 7.11 Å². The summed E-state index contributed by atoms with van der Waals surface area (Å²) < 4.78 is 4.79. The molecule has 0 bridgehead atoms. The number of nitrogens with one attached hydrogen (secondary N) is 3. The predicted molar refractivity (Wildman–Crippen MR) is 58.9 cm³/mol. The van der Waals surface area contributed by atoms with Crippen LogP contribution >= 0.6 is 0 Å². The average molecular weight is 229 g/mol. The van der Waals surface area contributed by atoms with Crippen molar-refractivity contribution in [3.63, 3.8) is 0 Å². The third-order valence-corrected chi connectivity index (χ3v) is 2.43. The maximum absolute atomic E-state index is 11.5. The molecule has 1 aliphatic rings. The van der Waals surface area contributed by atoms with Gasteiger partial charge in [-0.2, -0.15) is 0 Å². The lowest BCUT2D eigenvalue weighted by Crippen LogP contribution is -2.45. The van der Waals surface area contributed by atoms with E-state index in [4.69, 9.17) is 4.74 Å². The molecule has 16 heavy (non-hydrogen) atoms. The number of ether oxygens (including phenoxy) is 1. The Morgan fingerprint density at radius 3 is 2.88 bits per heavy atom. The van der Waals surface area contributed by atoms with Crippen molar-refractivity contribution in [2.45, 2.75) is 18.9 Å². The summed E-state index contributed by atoms with van der Waals surface area (Å²) in [6.07, 6.45) is 1.86. The van der Waals surface area contributed by atoms with E-state index in [0.29, 0.717) is 13.2 Å². The van der Waals surface area contributed by atoms with Crippen molar-refractivity contribution < 1.29 is 14.3 Å². The molecule has 1 heterocycles. The highest BCUT2D eigenvalue weighted by Gasteiger charge is 2.21. The second-order valence-electron chi connectivity index (χ2n) is 3.71. The molecule has 1 atom stereocenters. The maximum atomic E-state index is 11.5. The Hall–Kier alpha value is -1.14. The van der Waals surface area contributed by atoms with Gasteiger partial charge >= 0.3 is 0 Å². The van der Waals surface area contributed by atoms with E-state index in [2.05, 4.69) is 16.0 Å². The van der Waals surface area contributed by atoms with Gasteiger partial charge in [-0.1, -0.05) is 0 Å². The van der Waals surface area contributed by atoms with E-state index in [-0.39, 0.29) is 24.4 Å². The van der Waals surface area contributed by atoms with E-state index >= 15 is 0 Å². The van der Waals surface area contributed by atoms with Crippen LogP contribution in [0.3, 0.4) is 0 Å². The van der Waals surface area contributed by atoms with Crippen molar-refractivity contribution in [3.8, 4) is 0 Å². The summed E-state index contributed by atoms with van der Waals surface area (Å²) in [5.41, 5.74) is 0. The van der Waals surface area contributed by atoms with Crippen molar-refractivity contribution in [3.05, 3.63) is 0 Å². The van der Waals surface area contributed by atoms with Gasteiger partial charge in [0.2, 0.25) is 11.8 Å². The van der Waals surface area contributed by atoms with Gasteiger partial charge in [0.05, 0.1) is 19.2 Å². The topological polar surface area (TPSA) is 79.5 Å². The van der Waals surface area contributed by atoms with Gasteiger partial charge in [0.25, 0.3) is 0 Å². The maximum Gasteiger partial charge on any atom is 0.239 e. The van der Waals surface area contributed by atoms with E-state index in [1.165, 1.54) is 0 Å². The van der Waals surface area contributed by atoms with Gasteiger partial charge in [-0.15, -0.1) is 0 Å². The number of hydrogen-bond donors (Lipinski definition) is 3. The summed E-state index contributed by atoms with van der Waals surface area (Å²) in [7, 11) is 1.57. The molecule has 1 saturated heterocycles. The Morgan fingerprint density at radius 2 is 2.25 bits per heavy atom. The van der Waals surface area contributed by atoms with Gasteiger partial charge in [0.1, 0.15) is 0 Å². The van der Waals surface area contributed by atoms with Crippen molar-refractivity contribution in [2.75, 3.05) is 33.4 Å². The fourth-order valence-electron chi connectivity index (χ4n) is 1.55. The SMILES string of the molecule is COCCNC(=O)CNC(=O)C1CCCN1. The fraction of sp³-hybridized carbons (Fsp3) is 0.800. The van der Waals surface area contributed by atoms with Crippen LogP contribution in [0.5, 0.6) is 0 Å². The number of amides is 2. The van der Waals surface area contributed by atoms with Crippen LogP contribution in [0.1, 0.15) is 12.8 Å². The summed E-state index contributed by atoms with van der Waals surface area (Å²) in [5, 5.41) is 8.30. The summed E-state index contributed by atoms with van der Waals surface area (Å²) in [4.78, 5) is 22.7. The molecule has 0 radical (unpaired) electrons. The lowest BCUT2D eigenvalue weighted by Gasteiger charge is -2.10. The van der Waals surface area contributed by atoms with Gasteiger partial charge in [-0.25, -0.2) is 0 Å². The number of carbonyl (C=O) groups is 2. The first-order chi connectivity index (χ1) is 7.74. The van der Waals surface area contributed by atoms with E-state index in [9.17, 15) is 9.59 Å². The van der Waals surface area contributed by atoms with Gasteiger partial charge in [0, 0.05) is 13.7 Å². The lowest BCUT2D eigenvalue weighted by atomic mass is 10.2. The highest BCUT2D eigenvalue weighted by molar-refractivity contribution is 5.87. The van der Waals surface area contributed by atoms with Crippen LogP contribution < -0.4 is 16.0 Å². The zero-order chi connectivity index (χ0) is 11.8. The van der Waals surface area contributed by atoms with Crippen LogP contribution in [-0.2, 0) is 14.3 Å². The largest absolute Gasteiger partial charge is 0.383 e. The molecule has 0 spiro atoms.